The van der Waals surface area contributed by atoms with Crippen molar-refractivity contribution in [1.82, 2.24) is 5.32 Å². The molecule has 104 valence electrons. The molecular weight excluding hydrogens is 308 g/mol. The molecule has 0 heterocycles. The van der Waals surface area contributed by atoms with Crippen molar-refractivity contribution in [2.24, 2.45) is 0 Å². The molecular formula is C10H7Cl2F3N2O2. The lowest BCUT2D eigenvalue weighted by molar-refractivity contribution is -0.173. The summed E-state index contributed by atoms with van der Waals surface area (Å²) in [5, 5.41) is 4.10. The Bertz CT molecular complexity index is 506. The lowest BCUT2D eigenvalue weighted by Gasteiger charge is -2.09. The molecule has 0 aliphatic heterocycles. The topological polar surface area (TPSA) is 58.2 Å². The number of halogens is 5. The van der Waals surface area contributed by atoms with Crippen molar-refractivity contribution < 1.29 is 22.8 Å². The van der Waals surface area contributed by atoms with Gasteiger partial charge in [-0.05, 0) is 18.2 Å². The van der Waals surface area contributed by atoms with Crippen LogP contribution >= 0.6 is 23.2 Å². The number of nitrogens with one attached hydrogen (secondary N) is 2. The van der Waals surface area contributed by atoms with Gasteiger partial charge in [0, 0.05) is 5.02 Å². The highest BCUT2D eigenvalue weighted by atomic mass is 35.5. The summed E-state index contributed by atoms with van der Waals surface area (Å²) in [4.78, 5) is 21.8. The SMILES string of the molecule is O=C(CNC(=O)C(F)(F)F)Nc1cc(Cl)ccc1Cl. The van der Waals surface area contributed by atoms with E-state index < -0.39 is 24.5 Å². The van der Waals surface area contributed by atoms with Gasteiger partial charge >= 0.3 is 12.1 Å². The molecule has 0 saturated heterocycles. The lowest BCUT2D eigenvalue weighted by atomic mass is 10.3. The molecule has 0 unspecified atom stereocenters. The zero-order chi connectivity index (χ0) is 14.6. The van der Waals surface area contributed by atoms with E-state index in [1.807, 2.05) is 0 Å². The third-order valence-corrected chi connectivity index (χ3v) is 2.43. The minimum Gasteiger partial charge on any atom is -0.339 e. The van der Waals surface area contributed by atoms with Gasteiger partial charge in [0.15, 0.2) is 0 Å². The molecule has 0 spiro atoms. The van der Waals surface area contributed by atoms with Crippen LogP contribution < -0.4 is 10.6 Å². The summed E-state index contributed by atoms with van der Waals surface area (Å²) in [6.45, 7) is -0.832. The van der Waals surface area contributed by atoms with Crippen LogP contribution in [-0.4, -0.2) is 24.5 Å². The highest BCUT2D eigenvalue weighted by molar-refractivity contribution is 6.35. The van der Waals surface area contributed by atoms with Crippen LogP contribution in [-0.2, 0) is 9.59 Å². The van der Waals surface area contributed by atoms with E-state index in [2.05, 4.69) is 5.32 Å². The van der Waals surface area contributed by atoms with Gasteiger partial charge in [0.25, 0.3) is 0 Å². The summed E-state index contributed by atoms with van der Waals surface area (Å²) in [6, 6.07) is 4.21. The van der Waals surface area contributed by atoms with Crippen molar-refractivity contribution in [2.45, 2.75) is 6.18 Å². The Morgan fingerprint density at radius 3 is 2.42 bits per heavy atom. The number of carbonyl (C=O) groups excluding carboxylic acids is 2. The van der Waals surface area contributed by atoms with E-state index in [0.29, 0.717) is 5.02 Å². The van der Waals surface area contributed by atoms with E-state index in [1.165, 1.54) is 23.5 Å². The molecule has 0 saturated carbocycles. The molecule has 1 aromatic carbocycles. The van der Waals surface area contributed by atoms with Crippen LogP contribution in [0.4, 0.5) is 18.9 Å². The van der Waals surface area contributed by atoms with E-state index in [0.717, 1.165) is 0 Å². The Hall–Kier alpha value is -1.47. The second kappa shape index (κ2) is 6.12. The molecule has 1 rings (SSSR count). The van der Waals surface area contributed by atoms with Crippen molar-refractivity contribution >= 4 is 40.7 Å². The van der Waals surface area contributed by atoms with Gasteiger partial charge in [0.1, 0.15) is 0 Å². The summed E-state index contributed by atoms with van der Waals surface area (Å²) in [5.41, 5.74) is 0.139. The molecule has 0 radical (unpaired) electrons. The van der Waals surface area contributed by atoms with Crippen molar-refractivity contribution in [3.8, 4) is 0 Å². The maximum absolute atomic E-state index is 11.9. The normalized spacial score (nSPS) is 11.0. The first kappa shape index (κ1) is 15.6. The molecule has 0 fully saturated rings. The molecule has 2 N–H and O–H groups in total. The maximum atomic E-state index is 11.9. The molecule has 4 nitrogen and oxygen atoms in total. The fourth-order valence-electron chi connectivity index (χ4n) is 1.05. The molecule has 0 aliphatic carbocycles. The summed E-state index contributed by atoms with van der Waals surface area (Å²) in [5.74, 6) is -3.05. The molecule has 1 aromatic rings. The highest BCUT2D eigenvalue weighted by Crippen LogP contribution is 2.25. The Balaban J connectivity index is 2.57. The van der Waals surface area contributed by atoms with Crippen LogP contribution in [0.5, 0.6) is 0 Å². The standard InChI is InChI=1S/C10H7Cl2F3N2O2/c11-5-1-2-6(12)7(3-5)17-8(18)4-16-9(19)10(13,14)15/h1-3H,4H2,(H,16,19)(H,17,18). The van der Waals surface area contributed by atoms with Gasteiger partial charge < -0.3 is 10.6 Å². The van der Waals surface area contributed by atoms with Crippen LogP contribution in [0.15, 0.2) is 18.2 Å². The first-order chi connectivity index (χ1) is 8.70. The zero-order valence-corrected chi connectivity index (χ0v) is 10.7. The molecule has 0 aromatic heterocycles. The van der Waals surface area contributed by atoms with Gasteiger partial charge in [-0.15, -0.1) is 0 Å². The number of amides is 2. The van der Waals surface area contributed by atoms with Crippen LogP contribution in [0.2, 0.25) is 10.0 Å². The Kier molecular flexibility index (Phi) is 5.02. The number of carbonyl (C=O) groups is 2. The number of alkyl halides is 3. The molecule has 9 heteroatoms. The summed E-state index contributed by atoms with van der Waals surface area (Å²) in [7, 11) is 0. The van der Waals surface area contributed by atoms with Gasteiger partial charge in [0.2, 0.25) is 5.91 Å². The maximum Gasteiger partial charge on any atom is 0.471 e. The third-order valence-electron chi connectivity index (χ3n) is 1.87. The van der Waals surface area contributed by atoms with Crippen LogP contribution in [0.3, 0.4) is 0 Å². The summed E-state index contributed by atoms with van der Waals surface area (Å²) >= 11 is 11.4. The molecule has 19 heavy (non-hydrogen) atoms. The lowest BCUT2D eigenvalue weighted by Crippen LogP contribution is -2.41. The second-order valence-electron chi connectivity index (χ2n) is 3.35. The Morgan fingerprint density at radius 2 is 1.84 bits per heavy atom. The number of benzene rings is 1. The van der Waals surface area contributed by atoms with Crippen molar-refractivity contribution in [3.05, 3.63) is 28.2 Å². The minimum atomic E-state index is -5.03. The highest BCUT2D eigenvalue weighted by Gasteiger charge is 2.38. The smallest absolute Gasteiger partial charge is 0.339 e. The average Bonchev–Trinajstić information content (AvgIpc) is 2.29. The fraction of sp³-hybridized carbons (Fsp3) is 0.200. The van der Waals surface area contributed by atoms with Crippen LogP contribution in [0, 0.1) is 0 Å². The van der Waals surface area contributed by atoms with Gasteiger partial charge in [-0.2, -0.15) is 13.2 Å². The second-order valence-corrected chi connectivity index (χ2v) is 4.20. The summed E-state index contributed by atoms with van der Waals surface area (Å²) in [6.07, 6.45) is -5.03. The first-order valence-electron chi connectivity index (χ1n) is 4.80. The predicted octanol–water partition coefficient (Wildman–Crippen LogP) is 2.61. The monoisotopic (exact) mass is 314 g/mol. The number of anilines is 1. The van der Waals surface area contributed by atoms with Gasteiger partial charge in [-0.3, -0.25) is 9.59 Å². The molecule has 0 bridgehead atoms. The third kappa shape index (κ3) is 4.96. The van der Waals surface area contributed by atoms with Crippen LogP contribution in [0.25, 0.3) is 0 Å². The van der Waals surface area contributed by atoms with Crippen molar-refractivity contribution in [1.29, 1.82) is 0 Å². The van der Waals surface area contributed by atoms with Crippen molar-refractivity contribution in [3.63, 3.8) is 0 Å². The van der Waals surface area contributed by atoms with E-state index in [9.17, 15) is 22.8 Å². The number of hydrogen-bond acceptors (Lipinski definition) is 2. The number of hydrogen-bond donors (Lipinski definition) is 2. The minimum absolute atomic E-state index is 0.139. The van der Waals surface area contributed by atoms with Gasteiger partial charge in [0.05, 0.1) is 17.3 Å². The van der Waals surface area contributed by atoms with E-state index in [1.54, 1.807) is 0 Å². The van der Waals surface area contributed by atoms with E-state index in [-0.39, 0.29) is 10.7 Å². The quantitative estimate of drug-likeness (QED) is 0.901. The largest absolute Gasteiger partial charge is 0.471 e. The predicted molar refractivity (Wildman–Crippen MR) is 64.2 cm³/mol. The van der Waals surface area contributed by atoms with Gasteiger partial charge in [-0.1, -0.05) is 23.2 Å². The molecule has 0 aliphatic rings. The fourth-order valence-corrected chi connectivity index (χ4v) is 1.39. The average molecular weight is 315 g/mol. The van der Waals surface area contributed by atoms with Gasteiger partial charge in [-0.25, -0.2) is 0 Å². The van der Waals surface area contributed by atoms with E-state index >= 15 is 0 Å². The summed E-state index contributed by atoms with van der Waals surface area (Å²) < 4.78 is 35.6. The van der Waals surface area contributed by atoms with Crippen LogP contribution in [0.1, 0.15) is 0 Å². The van der Waals surface area contributed by atoms with E-state index in [4.69, 9.17) is 23.2 Å². The Morgan fingerprint density at radius 1 is 1.21 bits per heavy atom. The number of rotatable bonds is 3. The molecule has 0 atom stereocenters. The zero-order valence-electron chi connectivity index (χ0n) is 9.15. The molecule has 2 amide bonds. The van der Waals surface area contributed by atoms with Crippen molar-refractivity contribution in [2.75, 3.05) is 11.9 Å². The Labute approximate surface area is 115 Å². The first-order valence-corrected chi connectivity index (χ1v) is 5.55.